The number of halogens is 1. The van der Waals surface area contributed by atoms with Crippen molar-refractivity contribution in [3.05, 3.63) is 65.7 Å². The molecule has 1 saturated carbocycles. The lowest BCUT2D eigenvalue weighted by atomic mass is 9.81. The van der Waals surface area contributed by atoms with Crippen molar-refractivity contribution in [3.63, 3.8) is 0 Å². The monoisotopic (exact) mass is 400 g/mol. The van der Waals surface area contributed by atoms with Gasteiger partial charge in [0.1, 0.15) is 0 Å². The maximum atomic E-state index is 12.3. The van der Waals surface area contributed by atoms with Gasteiger partial charge in [0.15, 0.2) is 0 Å². The van der Waals surface area contributed by atoms with Gasteiger partial charge in [0, 0.05) is 30.9 Å². The van der Waals surface area contributed by atoms with Crippen LogP contribution in [0, 0.1) is 11.3 Å². The highest BCUT2D eigenvalue weighted by atomic mass is 35.5. The van der Waals surface area contributed by atoms with E-state index in [9.17, 15) is 14.7 Å². The maximum absolute atomic E-state index is 12.3. The van der Waals surface area contributed by atoms with Crippen LogP contribution in [0.4, 0.5) is 5.69 Å². The number of likely N-dealkylation sites (tertiary alicyclic amines) is 1. The fourth-order valence-corrected chi connectivity index (χ4v) is 4.61. The van der Waals surface area contributed by atoms with Crippen LogP contribution in [0.25, 0.3) is 0 Å². The number of amides is 1. The van der Waals surface area contributed by atoms with Crippen LogP contribution in [0.2, 0.25) is 0 Å². The Morgan fingerprint density at radius 3 is 2.46 bits per heavy atom. The summed E-state index contributed by atoms with van der Waals surface area (Å²) in [6.45, 7) is 2.21. The molecule has 5 nitrogen and oxygen atoms in total. The predicted octanol–water partition coefficient (Wildman–Crippen LogP) is 4.05. The Kier molecular flexibility index (Phi) is 6.06. The van der Waals surface area contributed by atoms with E-state index < -0.39 is 11.4 Å². The molecule has 148 valence electrons. The number of hydrogen-bond donors (Lipinski definition) is 2. The molecule has 1 aliphatic carbocycles. The zero-order valence-corrected chi connectivity index (χ0v) is 16.5. The molecular formula is C22H25ClN2O3. The SMILES string of the molecule is Cl.O=C(Nc1ccccc1)c1ccc(CN2C[C@@H]3CCC[C@@]3(C(=O)O)C2)cc1. The van der Waals surface area contributed by atoms with E-state index in [-0.39, 0.29) is 24.2 Å². The minimum absolute atomic E-state index is 0. The molecule has 1 aliphatic heterocycles. The van der Waals surface area contributed by atoms with Gasteiger partial charge in [0.25, 0.3) is 5.91 Å². The van der Waals surface area contributed by atoms with Crippen LogP contribution < -0.4 is 5.32 Å². The number of fused-ring (bicyclic) bond motifs is 1. The highest BCUT2D eigenvalue weighted by molar-refractivity contribution is 6.04. The Bertz CT molecular complexity index is 841. The van der Waals surface area contributed by atoms with E-state index in [1.54, 1.807) is 0 Å². The number of para-hydroxylation sites is 1. The number of hydrogen-bond acceptors (Lipinski definition) is 3. The first-order valence-corrected chi connectivity index (χ1v) is 9.48. The summed E-state index contributed by atoms with van der Waals surface area (Å²) in [4.78, 5) is 26.4. The largest absolute Gasteiger partial charge is 0.481 e. The molecule has 1 saturated heterocycles. The zero-order chi connectivity index (χ0) is 18.9. The number of nitrogens with zero attached hydrogens (tertiary/aromatic N) is 1. The summed E-state index contributed by atoms with van der Waals surface area (Å²) in [6.07, 6.45) is 2.83. The van der Waals surface area contributed by atoms with Gasteiger partial charge in [-0.1, -0.05) is 36.8 Å². The van der Waals surface area contributed by atoms with Crippen LogP contribution in [-0.4, -0.2) is 35.0 Å². The Morgan fingerprint density at radius 2 is 1.82 bits per heavy atom. The number of benzene rings is 2. The highest BCUT2D eigenvalue weighted by Gasteiger charge is 2.54. The second kappa shape index (κ2) is 8.33. The Hall–Kier alpha value is -2.37. The van der Waals surface area contributed by atoms with Gasteiger partial charge in [-0.3, -0.25) is 14.5 Å². The minimum atomic E-state index is -0.638. The number of carboxylic acid groups (broad SMARTS) is 1. The van der Waals surface area contributed by atoms with Gasteiger partial charge < -0.3 is 10.4 Å². The quantitative estimate of drug-likeness (QED) is 0.794. The Morgan fingerprint density at radius 1 is 1.11 bits per heavy atom. The third-order valence-corrected chi connectivity index (χ3v) is 6.02. The summed E-state index contributed by atoms with van der Waals surface area (Å²) in [5.41, 5.74) is 1.94. The molecule has 0 spiro atoms. The molecule has 0 bridgehead atoms. The second-order valence-electron chi connectivity index (χ2n) is 7.74. The fourth-order valence-electron chi connectivity index (χ4n) is 4.61. The first kappa shape index (κ1) is 20.4. The van der Waals surface area contributed by atoms with Crippen molar-refractivity contribution in [2.24, 2.45) is 11.3 Å². The second-order valence-corrected chi connectivity index (χ2v) is 7.74. The van der Waals surface area contributed by atoms with E-state index >= 15 is 0 Å². The number of aliphatic carboxylic acids is 1. The van der Waals surface area contributed by atoms with E-state index in [2.05, 4.69) is 10.2 Å². The molecule has 0 radical (unpaired) electrons. The molecule has 6 heteroatoms. The first-order valence-electron chi connectivity index (χ1n) is 9.48. The third kappa shape index (κ3) is 3.91. The van der Waals surface area contributed by atoms with E-state index in [0.29, 0.717) is 12.1 Å². The van der Waals surface area contributed by atoms with Crippen molar-refractivity contribution in [1.29, 1.82) is 0 Å². The van der Waals surface area contributed by atoms with Crippen molar-refractivity contribution in [1.82, 2.24) is 4.90 Å². The highest BCUT2D eigenvalue weighted by Crippen LogP contribution is 2.49. The normalized spacial score (nSPS) is 23.6. The van der Waals surface area contributed by atoms with Crippen LogP contribution >= 0.6 is 12.4 Å². The number of carbonyl (C=O) groups excluding carboxylic acids is 1. The molecule has 4 rings (SSSR count). The predicted molar refractivity (Wildman–Crippen MR) is 111 cm³/mol. The van der Waals surface area contributed by atoms with E-state index in [4.69, 9.17) is 0 Å². The summed E-state index contributed by atoms with van der Waals surface area (Å²) in [5, 5.41) is 12.6. The zero-order valence-electron chi connectivity index (χ0n) is 15.6. The summed E-state index contributed by atoms with van der Waals surface area (Å²) in [7, 11) is 0. The average molecular weight is 401 g/mol. The van der Waals surface area contributed by atoms with E-state index in [1.165, 1.54) is 0 Å². The van der Waals surface area contributed by atoms with E-state index in [1.807, 2.05) is 54.6 Å². The Labute approximate surface area is 171 Å². The lowest BCUT2D eigenvalue weighted by molar-refractivity contribution is -0.149. The number of carboxylic acids is 1. The molecule has 2 N–H and O–H groups in total. The molecule has 2 aliphatic rings. The van der Waals surface area contributed by atoms with Crippen molar-refractivity contribution in [3.8, 4) is 0 Å². The van der Waals surface area contributed by atoms with Gasteiger partial charge in [-0.25, -0.2) is 0 Å². The van der Waals surface area contributed by atoms with Crippen molar-refractivity contribution >= 4 is 30.0 Å². The topological polar surface area (TPSA) is 69.6 Å². The van der Waals surface area contributed by atoms with Gasteiger partial charge in [-0.05, 0) is 48.6 Å². The molecule has 1 heterocycles. The van der Waals surface area contributed by atoms with Crippen LogP contribution in [0.3, 0.4) is 0 Å². The molecule has 1 amide bonds. The molecule has 28 heavy (non-hydrogen) atoms. The molecule has 2 fully saturated rings. The van der Waals surface area contributed by atoms with Gasteiger partial charge in [-0.15, -0.1) is 12.4 Å². The lowest BCUT2D eigenvalue weighted by Crippen LogP contribution is -2.35. The smallest absolute Gasteiger partial charge is 0.311 e. The van der Waals surface area contributed by atoms with Crippen LogP contribution in [0.5, 0.6) is 0 Å². The van der Waals surface area contributed by atoms with Crippen molar-refractivity contribution < 1.29 is 14.7 Å². The number of nitrogens with one attached hydrogen (secondary N) is 1. The molecular weight excluding hydrogens is 376 g/mol. The van der Waals surface area contributed by atoms with Gasteiger partial charge in [-0.2, -0.15) is 0 Å². The average Bonchev–Trinajstić information content (AvgIpc) is 3.21. The van der Waals surface area contributed by atoms with Crippen molar-refractivity contribution in [2.45, 2.75) is 25.8 Å². The summed E-state index contributed by atoms with van der Waals surface area (Å²) < 4.78 is 0. The lowest BCUT2D eigenvalue weighted by Gasteiger charge is -2.23. The van der Waals surface area contributed by atoms with Crippen LogP contribution in [0.15, 0.2) is 54.6 Å². The van der Waals surface area contributed by atoms with E-state index in [0.717, 1.165) is 43.6 Å². The maximum Gasteiger partial charge on any atom is 0.311 e. The molecule has 0 unspecified atom stereocenters. The molecule has 0 aromatic heterocycles. The molecule has 2 aromatic carbocycles. The van der Waals surface area contributed by atoms with Crippen LogP contribution in [0.1, 0.15) is 35.2 Å². The molecule has 2 aromatic rings. The summed E-state index contributed by atoms with van der Waals surface area (Å²) in [5.74, 6) is -0.500. The van der Waals surface area contributed by atoms with Gasteiger partial charge >= 0.3 is 5.97 Å². The van der Waals surface area contributed by atoms with Crippen LogP contribution in [-0.2, 0) is 11.3 Å². The van der Waals surface area contributed by atoms with Gasteiger partial charge in [0.2, 0.25) is 0 Å². The molecule has 2 atom stereocenters. The third-order valence-electron chi connectivity index (χ3n) is 6.02. The van der Waals surface area contributed by atoms with Crippen molar-refractivity contribution in [2.75, 3.05) is 18.4 Å². The Balaban J connectivity index is 0.00000225. The number of carbonyl (C=O) groups is 2. The first-order chi connectivity index (χ1) is 13.1. The van der Waals surface area contributed by atoms with Gasteiger partial charge in [0.05, 0.1) is 5.41 Å². The fraction of sp³-hybridized carbons (Fsp3) is 0.364. The number of anilines is 1. The standard InChI is InChI=1S/C22H24N2O3.ClH/c25-20(23-19-6-2-1-3-7-19)17-10-8-16(9-11-17)13-24-14-18-5-4-12-22(18,15-24)21(26)27;/h1-3,6-11,18H,4-5,12-15H2,(H,23,25)(H,26,27);1H/t18-,22+;/m0./s1. The minimum Gasteiger partial charge on any atom is -0.481 e. The number of rotatable bonds is 5. The summed E-state index contributed by atoms with van der Waals surface area (Å²) >= 11 is 0. The summed E-state index contributed by atoms with van der Waals surface area (Å²) in [6, 6.07) is 17.0.